The molecule has 0 saturated heterocycles. The number of ether oxygens (including phenoxy) is 2. The van der Waals surface area contributed by atoms with Crippen molar-refractivity contribution in [1.82, 2.24) is 0 Å². The van der Waals surface area contributed by atoms with Crippen molar-refractivity contribution in [2.45, 2.75) is 6.10 Å². The minimum absolute atomic E-state index is 0.0334. The van der Waals surface area contributed by atoms with Gasteiger partial charge in [-0.25, -0.2) is 9.13 Å². The predicted molar refractivity (Wildman–Crippen MR) is 51.9 cm³/mol. The minimum Gasteiger partial charge on any atom is -0.464 e. The fourth-order valence-corrected chi connectivity index (χ4v) is 2.31. The summed E-state index contributed by atoms with van der Waals surface area (Å²) in [4.78, 5) is 45.3. The second kappa shape index (κ2) is 7.59. The van der Waals surface area contributed by atoms with Crippen LogP contribution in [0.3, 0.4) is 0 Å². The van der Waals surface area contributed by atoms with Gasteiger partial charge in [-0.05, 0) is 0 Å². The van der Waals surface area contributed by atoms with Crippen molar-refractivity contribution in [3.63, 3.8) is 0 Å². The second-order valence-corrected chi connectivity index (χ2v) is 5.45. The molecule has 0 amide bonds. The van der Waals surface area contributed by atoms with Crippen LogP contribution in [0.4, 0.5) is 0 Å². The van der Waals surface area contributed by atoms with E-state index in [-0.39, 0.29) is 12.9 Å². The van der Waals surface area contributed by atoms with Crippen LogP contribution in [-0.2, 0) is 37.0 Å². The molecule has 106 valence electrons. The number of carbonyl (C=O) groups is 2. The van der Waals surface area contributed by atoms with Crippen LogP contribution < -0.4 is 0 Å². The lowest BCUT2D eigenvalue weighted by molar-refractivity contribution is -0.144. The van der Waals surface area contributed by atoms with E-state index in [1.807, 2.05) is 0 Å². The van der Waals surface area contributed by atoms with Crippen LogP contribution >= 0.6 is 15.6 Å². The Hall–Kier alpha value is -0.800. The Morgan fingerprint density at radius 1 is 1.06 bits per heavy atom. The molecule has 0 spiro atoms. The van der Waals surface area contributed by atoms with Crippen LogP contribution in [0.1, 0.15) is 0 Å². The smallest absolute Gasteiger partial charge is 0.464 e. The Labute approximate surface area is 100 Å². The van der Waals surface area contributed by atoms with E-state index in [0.29, 0.717) is 0 Å². The van der Waals surface area contributed by atoms with Crippen molar-refractivity contribution in [2.75, 3.05) is 13.2 Å². The molecule has 0 heterocycles. The summed E-state index contributed by atoms with van der Waals surface area (Å²) in [6.07, 6.45) is -1.23. The Balaban J connectivity index is 4.31. The summed E-state index contributed by atoms with van der Waals surface area (Å²) < 4.78 is 37.4. The summed E-state index contributed by atoms with van der Waals surface area (Å²) in [5.74, 6) is 0. The molecule has 0 rings (SSSR count). The molecule has 0 aromatic rings. The standard InChI is InChI=1S/C5H10O11P2/c6-3-13-1-5(14-4-7)2-15-18(11,12)16-17(8,9)10/h3-5H,1-2H2,(H,11,12)(H2,8,9,10). The van der Waals surface area contributed by atoms with Crippen LogP contribution in [-0.4, -0.2) is 46.9 Å². The Morgan fingerprint density at radius 3 is 2.11 bits per heavy atom. The van der Waals surface area contributed by atoms with Gasteiger partial charge in [0.1, 0.15) is 6.61 Å². The largest absolute Gasteiger partial charge is 0.481 e. The molecule has 0 fully saturated rings. The van der Waals surface area contributed by atoms with Gasteiger partial charge in [-0.3, -0.25) is 14.1 Å². The molecular formula is C5H10O11P2. The molecule has 0 aliphatic heterocycles. The van der Waals surface area contributed by atoms with Gasteiger partial charge in [-0.2, -0.15) is 4.31 Å². The molecule has 2 atom stereocenters. The van der Waals surface area contributed by atoms with Gasteiger partial charge < -0.3 is 24.2 Å². The number of rotatable bonds is 10. The van der Waals surface area contributed by atoms with Gasteiger partial charge in [0.15, 0.2) is 6.10 Å². The first-order valence-electron chi connectivity index (χ1n) is 4.09. The third-order valence-corrected chi connectivity index (χ3v) is 3.38. The van der Waals surface area contributed by atoms with E-state index in [1.165, 1.54) is 0 Å². The molecule has 0 bridgehead atoms. The number of carbonyl (C=O) groups excluding carboxylic acids is 2. The van der Waals surface area contributed by atoms with Gasteiger partial charge in [-0.1, -0.05) is 0 Å². The lowest BCUT2D eigenvalue weighted by Gasteiger charge is -2.16. The summed E-state index contributed by atoms with van der Waals surface area (Å²) in [5.41, 5.74) is 0. The summed E-state index contributed by atoms with van der Waals surface area (Å²) in [6.45, 7) is -1.25. The second-order valence-electron chi connectivity index (χ2n) is 2.62. The molecule has 0 saturated carbocycles. The van der Waals surface area contributed by atoms with Crippen molar-refractivity contribution in [2.24, 2.45) is 0 Å². The molecule has 13 heteroatoms. The van der Waals surface area contributed by atoms with E-state index in [0.717, 1.165) is 0 Å². The SMILES string of the molecule is O=COCC(COP(=O)(O)OP(=O)(O)O)OC=O. The van der Waals surface area contributed by atoms with Crippen LogP contribution in [0, 0.1) is 0 Å². The number of phosphoric acid groups is 2. The quantitative estimate of drug-likeness (QED) is 0.332. The van der Waals surface area contributed by atoms with Crippen LogP contribution in [0.2, 0.25) is 0 Å². The summed E-state index contributed by atoms with van der Waals surface area (Å²) in [7, 11) is -10.2. The highest BCUT2D eigenvalue weighted by Gasteiger charge is 2.33. The fraction of sp³-hybridized carbons (Fsp3) is 0.600. The molecular weight excluding hydrogens is 298 g/mol. The monoisotopic (exact) mass is 308 g/mol. The Kier molecular flexibility index (Phi) is 7.26. The van der Waals surface area contributed by atoms with Crippen molar-refractivity contribution in [3.05, 3.63) is 0 Å². The first kappa shape index (κ1) is 17.2. The van der Waals surface area contributed by atoms with Crippen molar-refractivity contribution < 1.29 is 51.7 Å². The normalized spacial score (nSPS) is 16.4. The highest BCUT2D eigenvalue weighted by atomic mass is 31.3. The Bertz CT molecular complexity index is 360. The highest BCUT2D eigenvalue weighted by molar-refractivity contribution is 7.60. The number of phosphoric ester groups is 1. The molecule has 3 N–H and O–H groups in total. The lowest BCUT2D eigenvalue weighted by Crippen LogP contribution is -2.24. The lowest BCUT2D eigenvalue weighted by atomic mass is 10.4. The van der Waals surface area contributed by atoms with Crippen LogP contribution in [0.5, 0.6) is 0 Å². The maximum atomic E-state index is 11.0. The summed E-state index contributed by atoms with van der Waals surface area (Å²) in [5, 5.41) is 0. The number of hydrogen-bond donors (Lipinski definition) is 3. The zero-order valence-electron chi connectivity index (χ0n) is 8.65. The molecule has 0 aromatic heterocycles. The Morgan fingerprint density at radius 2 is 1.67 bits per heavy atom. The minimum atomic E-state index is -5.22. The average Bonchev–Trinajstić information content (AvgIpc) is 2.19. The zero-order chi connectivity index (χ0) is 14.2. The van der Waals surface area contributed by atoms with E-state index in [9.17, 15) is 18.7 Å². The van der Waals surface area contributed by atoms with Crippen LogP contribution in [0.25, 0.3) is 0 Å². The van der Waals surface area contributed by atoms with Gasteiger partial charge in [0.05, 0.1) is 6.61 Å². The maximum absolute atomic E-state index is 11.0. The van der Waals surface area contributed by atoms with Gasteiger partial charge in [-0.15, -0.1) is 0 Å². The molecule has 18 heavy (non-hydrogen) atoms. The molecule has 11 nitrogen and oxygen atoms in total. The molecule has 0 aliphatic rings. The van der Waals surface area contributed by atoms with Gasteiger partial charge in [0.2, 0.25) is 0 Å². The number of hydrogen-bond acceptors (Lipinski definition) is 8. The first-order valence-corrected chi connectivity index (χ1v) is 7.11. The van der Waals surface area contributed by atoms with Gasteiger partial charge in [0, 0.05) is 0 Å². The van der Waals surface area contributed by atoms with Crippen molar-refractivity contribution >= 4 is 28.6 Å². The topological polar surface area (TPSA) is 166 Å². The van der Waals surface area contributed by atoms with E-state index >= 15 is 0 Å². The van der Waals surface area contributed by atoms with E-state index in [2.05, 4.69) is 18.3 Å². The fourth-order valence-electron chi connectivity index (χ4n) is 0.687. The van der Waals surface area contributed by atoms with Gasteiger partial charge in [0.25, 0.3) is 12.9 Å². The predicted octanol–water partition coefficient (Wildman–Crippen LogP) is -1.07. The summed E-state index contributed by atoms with van der Waals surface area (Å²) >= 11 is 0. The molecule has 0 radical (unpaired) electrons. The zero-order valence-corrected chi connectivity index (χ0v) is 10.4. The first-order chi connectivity index (χ1) is 8.20. The third kappa shape index (κ3) is 9.25. The van der Waals surface area contributed by atoms with Crippen molar-refractivity contribution in [3.8, 4) is 0 Å². The van der Waals surface area contributed by atoms with E-state index in [4.69, 9.17) is 14.7 Å². The third-order valence-electron chi connectivity index (χ3n) is 1.23. The van der Waals surface area contributed by atoms with Gasteiger partial charge >= 0.3 is 15.6 Å². The van der Waals surface area contributed by atoms with E-state index < -0.39 is 35.0 Å². The average molecular weight is 308 g/mol. The highest BCUT2D eigenvalue weighted by Crippen LogP contribution is 2.57. The maximum Gasteiger partial charge on any atom is 0.481 e. The molecule has 0 aliphatic carbocycles. The molecule has 2 unspecified atom stereocenters. The van der Waals surface area contributed by atoms with E-state index in [1.54, 1.807) is 0 Å². The van der Waals surface area contributed by atoms with Crippen LogP contribution in [0.15, 0.2) is 0 Å². The van der Waals surface area contributed by atoms with Crippen molar-refractivity contribution in [1.29, 1.82) is 0 Å². The molecule has 0 aromatic carbocycles. The summed E-state index contributed by atoms with van der Waals surface area (Å²) in [6, 6.07) is 0.